The molecule has 1 aliphatic rings. The van der Waals surface area contributed by atoms with Crippen LogP contribution >= 0.6 is 11.8 Å². The van der Waals surface area contributed by atoms with E-state index in [2.05, 4.69) is 18.2 Å². The first-order valence-corrected chi connectivity index (χ1v) is 7.52. The first kappa shape index (κ1) is 13.0. The van der Waals surface area contributed by atoms with E-state index in [1.807, 2.05) is 43.3 Å². The fraction of sp³-hybridized carbons (Fsp3) is 0.176. The van der Waals surface area contributed by atoms with Crippen molar-refractivity contribution >= 4 is 23.2 Å². The molecule has 20 heavy (non-hydrogen) atoms. The summed E-state index contributed by atoms with van der Waals surface area (Å²) >= 11 is 1.76. The SMILES string of the molecule is Cc1cccc(C(C#N)C2=Nc3ccccc3SC2)c1. The van der Waals surface area contributed by atoms with Gasteiger partial charge in [0.15, 0.2) is 0 Å². The van der Waals surface area contributed by atoms with Crippen molar-refractivity contribution < 1.29 is 0 Å². The van der Waals surface area contributed by atoms with Gasteiger partial charge in [-0.25, -0.2) is 0 Å². The molecule has 1 heterocycles. The molecular weight excluding hydrogens is 264 g/mol. The van der Waals surface area contributed by atoms with E-state index in [-0.39, 0.29) is 5.92 Å². The Kier molecular flexibility index (Phi) is 3.58. The topological polar surface area (TPSA) is 36.1 Å². The molecular formula is C17H14N2S. The van der Waals surface area contributed by atoms with Gasteiger partial charge in [0.25, 0.3) is 0 Å². The van der Waals surface area contributed by atoms with Crippen LogP contribution in [-0.4, -0.2) is 11.5 Å². The summed E-state index contributed by atoms with van der Waals surface area (Å²) in [6.45, 7) is 2.05. The Morgan fingerprint density at radius 2 is 2.05 bits per heavy atom. The van der Waals surface area contributed by atoms with Crippen LogP contribution in [0, 0.1) is 18.3 Å². The predicted octanol–water partition coefficient (Wildman–Crippen LogP) is 4.48. The van der Waals surface area contributed by atoms with Crippen LogP contribution in [0.25, 0.3) is 0 Å². The van der Waals surface area contributed by atoms with Crippen LogP contribution in [-0.2, 0) is 0 Å². The van der Waals surface area contributed by atoms with E-state index in [9.17, 15) is 5.26 Å². The highest BCUT2D eigenvalue weighted by Crippen LogP contribution is 2.36. The summed E-state index contributed by atoms with van der Waals surface area (Å²) in [4.78, 5) is 5.89. The van der Waals surface area contributed by atoms with Crippen LogP contribution in [0.3, 0.4) is 0 Å². The average molecular weight is 278 g/mol. The van der Waals surface area contributed by atoms with E-state index in [1.54, 1.807) is 11.8 Å². The average Bonchev–Trinajstić information content (AvgIpc) is 2.48. The summed E-state index contributed by atoms with van der Waals surface area (Å²) in [7, 11) is 0. The van der Waals surface area contributed by atoms with Gasteiger partial charge < -0.3 is 0 Å². The molecule has 0 bridgehead atoms. The van der Waals surface area contributed by atoms with Crippen molar-refractivity contribution in [2.24, 2.45) is 4.99 Å². The first-order chi connectivity index (χ1) is 9.78. The van der Waals surface area contributed by atoms with E-state index in [4.69, 9.17) is 4.99 Å². The summed E-state index contributed by atoms with van der Waals surface area (Å²) in [5, 5.41) is 9.53. The van der Waals surface area contributed by atoms with Crippen molar-refractivity contribution in [3.63, 3.8) is 0 Å². The van der Waals surface area contributed by atoms with E-state index in [0.29, 0.717) is 0 Å². The van der Waals surface area contributed by atoms with Crippen LogP contribution in [0.1, 0.15) is 17.0 Å². The van der Waals surface area contributed by atoms with Gasteiger partial charge in [0.05, 0.1) is 17.5 Å². The fourth-order valence-corrected chi connectivity index (χ4v) is 3.32. The number of benzene rings is 2. The number of nitrogens with zero attached hydrogens (tertiary/aromatic N) is 2. The Morgan fingerprint density at radius 1 is 1.20 bits per heavy atom. The second-order valence-electron chi connectivity index (χ2n) is 4.84. The van der Waals surface area contributed by atoms with Crippen molar-refractivity contribution in [1.82, 2.24) is 0 Å². The minimum absolute atomic E-state index is 0.254. The molecule has 98 valence electrons. The van der Waals surface area contributed by atoms with Gasteiger partial charge in [0, 0.05) is 10.6 Å². The predicted molar refractivity (Wildman–Crippen MR) is 83.8 cm³/mol. The molecule has 2 nitrogen and oxygen atoms in total. The van der Waals surface area contributed by atoms with Crippen LogP contribution in [0.15, 0.2) is 58.4 Å². The molecule has 0 N–H and O–H groups in total. The molecule has 0 amide bonds. The molecule has 0 spiro atoms. The molecule has 1 aliphatic heterocycles. The molecule has 0 fully saturated rings. The van der Waals surface area contributed by atoms with E-state index < -0.39 is 0 Å². The van der Waals surface area contributed by atoms with Crippen molar-refractivity contribution in [1.29, 1.82) is 5.26 Å². The van der Waals surface area contributed by atoms with Gasteiger partial charge in [-0.05, 0) is 24.6 Å². The zero-order valence-electron chi connectivity index (χ0n) is 11.2. The maximum Gasteiger partial charge on any atom is 0.110 e. The Labute approximate surface area is 123 Å². The highest BCUT2D eigenvalue weighted by Gasteiger charge is 2.22. The molecule has 0 radical (unpaired) electrons. The summed E-state index contributed by atoms with van der Waals surface area (Å²) in [5.41, 5.74) is 4.13. The van der Waals surface area contributed by atoms with E-state index >= 15 is 0 Å². The second kappa shape index (κ2) is 5.52. The molecule has 0 aliphatic carbocycles. The molecule has 0 saturated carbocycles. The lowest BCUT2D eigenvalue weighted by Gasteiger charge is -2.18. The normalized spacial score (nSPS) is 14.9. The fourth-order valence-electron chi connectivity index (χ4n) is 2.35. The Morgan fingerprint density at radius 3 is 2.85 bits per heavy atom. The van der Waals surface area contributed by atoms with Crippen molar-refractivity contribution in [3.8, 4) is 6.07 Å². The lowest BCUT2D eigenvalue weighted by Crippen LogP contribution is -2.15. The molecule has 0 aromatic heterocycles. The number of rotatable bonds is 2. The number of fused-ring (bicyclic) bond motifs is 1. The first-order valence-electron chi connectivity index (χ1n) is 6.53. The zero-order chi connectivity index (χ0) is 13.9. The largest absolute Gasteiger partial charge is 0.254 e. The second-order valence-corrected chi connectivity index (χ2v) is 5.85. The lowest BCUT2D eigenvalue weighted by molar-refractivity contribution is 1.12. The molecule has 3 heteroatoms. The van der Waals surface area contributed by atoms with Gasteiger partial charge in [0.1, 0.15) is 5.92 Å². The molecule has 3 rings (SSSR count). The van der Waals surface area contributed by atoms with Crippen LogP contribution in [0.4, 0.5) is 5.69 Å². The molecule has 1 unspecified atom stereocenters. The molecule has 0 saturated heterocycles. The molecule has 1 atom stereocenters. The van der Waals surface area contributed by atoms with Gasteiger partial charge in [0.2, 0.25) is 0 Å². The van der Waals surface area contributed by atoms with Gasteiger partial charge in [-0.1, -0.05) is 42.0 Å². The number of nitriles is 1. The maximum absolute atomic E-state index is 9.53. The van der Waals surface area contributed by atoms with Gasteiger partial charge in [-0.3, -0.25) is 4.99 Å². The van der Waals surface area contributed by atoms with Gasteiger partial charge in [-0.2, -0.15) is 5.26 Å². The maximum atomic E-state index is 9.53. The number of aliphatic imine (C=N–C) groups is 1. The standard InChI is InChI=1S/C17H14N2S/c1-12-5-4-6-13(9-12)14(10-18)16-11-20-17-8-3-2-7-15(17)19-16/h2-9,14H,11H2,1H3. The van der Waals surface area contributed by atoms with Crippen molar-refractivity contribution in [3.05, 3.63) is 59.7 Å². The summed E-state index contributed by atoms with van der Waals surface area (Å²) in [5.74, 6) is 0.527. The Balaban J connectivity index is 2.00. The van der Waals surface area contributed by atoms with Crippen LogP contribution in [0.2, 0.25) is 0 Å². The minimum Gasteiger partial charge on any atom is -0.254 e. The third kappa shape index (κ3) is 2.48. The van der Waals surface area contributed by atoms with Crippen molar-refractivity contribution in [2.45, 2.75) is 17.7 Å². The highest BCUT2D eigenvalue weighted by atomic mass is 32.2. The quantitative estimate of drug-likeness (QED) is 0.812. The highest BCUT2D eigenvalue weighted by molar-refractivity contribution is 8.00. The molecule has 2 aromatic rings. The molecule has 2 aromatic carbocycles. The third-order valence-electron chi connectivity index (χ3n) is 3.34. The van der Waals surface area contributed by atoms with Gasteiger partial charge in [-0.15, -0.1) is 11.8 Å². The van der Waals surface area contributed by atoms with Crippen molar-refractivity contribution in [2.75, 3.05) is 5.75 Å². The summed E-state index contributed by atoms with van der Waals surface area (Å²) in [6, 6.07) is 18.6. The number of hydrogen-bond acceptors (Lipinski definition) is 3. The number of hydrogen-bond donors (Lipinski definition) is 0. The monoisotopic (exact) mass is 278 g/mol. The zero-order valence-corrected chi connectivity index (χ0v) is 12.0. The van der Waals surface area contributed by atoms with Crippen LogP contribution < -0.4 is 0 Å². The number of thioether (sulfide) groups is 1. The smallest absolute Gasteiger partial charge is 0.110 e. The third-order valence-corrected chi connectivity index (χ3v) is 4.44. The van der Waals surface area contributed by atoms with E-state index in [0.717, 1.165) is 22.7 Å². The van der Waals surface area contributed by atoms with Crippen LogP contribution in [0.5, 0.6) is 0 Å². The number of aryl methyl sites for hydroxylation is 1. The summed E-state index contributed by atoms with van der Waals surface area (Å²) in [6.07, 6.45) is 0. The summed E-state index contributed by atoms with van der Waals surface area (Å²) < 4.78 is 0. The van der Waals surface area contributed by atoms with E-state index in [1.165, 1.54) is 10.5 Å². The van der Waals surface area contributed by atoms with Gasteiger partial charge >= 0.3 is 0 Å². The lowest BCUT2D eigenvalue weighted by atomic mass is 9.95. The Hall–Kier alpha value is -2.05. The Bertz CT molecular complexity index is 713. The minimum atomic E-state index is -0.254. The number of para-hydroxylation sites is 1.